The standard InChI is InChI=1S/C11H15BrN2O4S/c1-18-10-7-8(12)3-4-9(10)11(15)13-5-6-14-19(2,16)17/h3-4,7,14H,5-6H2,1-2H3,(H,13,15). The lowest BCUT2D eigenvalue weighted by Gasteiger charge is -2.09. The lowest BCUT2D eigenvalue weighted by Crippen LogP contribution is -2.34. The molecule has 0 aliphatic rings. The molecule has 19 heavy (non-hydrogen) atoms. The lowest BCUT2D eigenvalue weighted by molar-refractivity contribution is 0.0951. The number of methoxy groups -OCH3 is 1. The molecule has 0 spiro atoms. The van der Waals surface area contributed by atoms with Gasteiger partial charge in [-0.05, 0) is 18.2 Å². The smallest absolute Gasteiger partial charge is 0.255 e. The Balaban J connectivity index is 2.59. The van der Waals surface area contributed by atoms with E-state index in [9.17, 15) is 13.2 Å². The van der Waals surface area contributed by atoms with Gasteiger partial charge in [0.2, 0.25) is 10.0 Å². The normalized spacial score (nSPS) is 11.1. The van der Waals surface area contributed by atoms with Gasteiger partial charge < -0.3 is 10.1 Å². The van der Waals surface area contributed by atoms with Crippen molar-refractivity contribution in [2.75, 3.05) is 26.5 Å². The van der Waals surface area contributed by atoms with Crippen molar-refractivity contribution in [2.24, 2.45) is 0 Å². The molecule has 0 fully saturated rings. The number of rotatable bonds is 6. The lowest BCUT2D eigenvalue weighted by atomic mass is 10.2. The number of benzene rings is 1. The van der Waals surface area contributed by atoms with E-state index in [1.54, 1.807) is 18.2 Å². The van der Waals surface area contributed by atoms with E-state index in [1.807, 2.05) is 0 Å². The van der Waals surface area contributed by atoms with E-state index in [0.29, 0.717) is 11.3 Å². The highest BCUT2D eigenvalue weighted by Gasteiger charge is 2.12. The van der Waals surface area contributed by atoms with Crippen LogP contribution in [-0.4, -0.2) is 40.8 Å². The average Bonchev–Trinajstić information content (AvgIpc) is 2.33. The summed E-state index contributed by atoms with van der Waals surface area (Å²) in [4.78, 5) is 11.9. The van der Waals surface area contributed by atoms with Crippen molar-refractivity contribution in [1.82, 2.24) is 10.0 Å². The number of hydrogen-bond donors (Lipinski definition) is 2. The summed E-state index contributed by atoms with van der Waals surface area (Å²) in [6.07, 6.45) is 1.06. The number of halogens is 1. The Kier molecular flexibility index (Phi) is 5.77. The minimum Gasteiger partial charge on any atom is -0.496 e. The molecule has 106 valence electrons. The molecule has 2 N–H and O–H groups in total. The van der Waals surface area contributed by atoms with Gasteiger partial charge in [-0.25, -0.2) is 13.1 Å². The fraction of sp³-hybridized carbons (Fsp3) is 0.364. The number of sulfonamides is 1. The van der Waals surface area contributed by atoms with Gasteiger partial charge in [-0.15, -0.1) is 0 Å². The summed E-state index contributed by atoms with van der Waals surface area (Å²) >= 11 is 3.28. The highest BCUT2D eigenvalue weighted by Crippen LogP contribution is 2.23. The van der Waals surface area contributed by atoms with E-state index in [4.69, 9.17) is 4.74 Å². The largest absolute Gasteiger partial charge is 0.496 e. The van der Waals surface area contributed by atoms with Crippen LogP contribution in [0.1, 0.15) is 10.4 Å². The topological polar surface area (TPSA) is 84.5 Å². The number of ether oxygens (including phenoxy) is 1. The number of nitrogens with one attached hydrogen (secondary N) is 2. The van der Waals surface area contributed by atoms with E-state index >= 15 is 0 Å². The van der Waals surface area contributed by atoms with Crippen LogP contribution in [0.3, 0.4) is 0 Å². The zero-order valence-corrected chi connectivity index (χ0v) is 13.0. The molecule has 0 aliphatic carbocycles. The molecule has 0 atom stereocenters. The van der Waals surface area contributed by atoms with Gasteiger partial charge in [-0.3, -0.25) is 4.79 Å². The summed E-state index contributed by atoms with van der Waals surface area (Å²) in [6, 6.07) is 5.04. The first-order valence-electron chi connectivity index (χ1n) is 5.40. The maximum Gasteiger partial charge on any atom is 0.255 e. The van der Waals surface area contributed by atoms with Crippen molar-refractivity contribution in [1.29, 1.82) is 0 Å². The van der Waals surface area contributed by atoms with Crippen molar-refractivity contribution in [2.45, 2.75) is 0 Å². The third kappa shape index (κ3) is 5.58. The molecule has 0 radical (unpaired) electrons. The van der Waals surface area contributed by atoms with Crippen molar-refractivity contribution < 1.29 is 17.9 Å². The Bertz CT molecular complexity index is 560. The van der Waals surface area contributed by atoms with Gasteiger partial charge in [0.15, 0.2) is 0 Å². The SMILES string of the molecule is COc1cc(Br)ccc1C(=O)NCCNS(C)(=O)=O. The van der Waals surface area contributed by atoms with Gasteiger partial charge in [0.25, 0.3) is 5.91 Å². The summed E-state index contributed by atoms with van der Waals surface area (Å²) in [5, 5.41) is 2.60. The van der Waals surface area contributed by atoms with Crippen LogP contribution in [0.25, 0.3) is 0 Å². The van der Waals surface area contributed by atoms with E-state index < -0.39 is 10.0 Å². The van der Waals surface area contributed by atoms with Crippen LogP contribution < -0.4 is 14.8 Å². The van der Waals surface area contributed by atoms with E-state index in [2.05, 4.69) is 26.0 Å². The maximum atomic E-state index is 11.9. The molecule has 1 aromatic rings. The van der Waals surface area contributed by atoms with Crippen LogP contribution in [0.4, 0.5) is 0 Å². The highest BCUT2D eigenvalue weighted by molar-refractivity contribution is 9.10. The zero-order valence-electron chi connectivity index (χ0n) is 10.6. The quantitative estimate of drug-likeness (QED) is 0.741. The predicted molar refractivity (Wildman–Crippen MR) is 75.9 cm³/mol. The van der Waals surface area contributed by atoms with Gasteiger partial charge in [0.05, 0.1) is 18.9 Å². The summed E-state index contributed by atoms with van der Waals surface area (Å²) in [6.45, 7) is 0.342. The predicted octanol–water partition coefficient (Wildman–Crippen LogP) is 0.737. The summed E-state index contributed by atoms with van der Waals surface area (Å²) < 4.78 is 29.9. The van der Waals surface area contributed by atoms with E-state index in [1.165, 1.54) is 7.11 Å². The molecule has 0 aromatic heterocycles. The minimum absolute atomic E-state index is 0.142. The fourth-order valence-corrected chi connectivity index (χ4v) is 2.17. The Labute approximate surface area is 120 Å². The molecule has 1 rings (SSSR count). The first-order valence-corrected chi connectivity index (χ1v) is 8.08. The van der Waals surface area contributed by atoms with Crippen molar-refractivity contribution in [3.05, 3.63) is 28.2 Å². The summed E-state index contributed by atoms with van der Waals surface area (Å²) in [5.41, 5.74) is 0.394. The third-order valence-electron chi connectivity index (χ3n) is 2.18. The molecule has 6 nitrogen and oxygen atoms in total. The first-order chi connectivity index (χ1) is 8.83. The van der Waals surface area contributed by atoms with Crippen molar-refractivity contribution in [3.8, 4) is 5.75 Å². The molecule has 0 heterocycles. The summed E-state index contributed by atoms with van der Waals surface area (Å²) in [7, 11) is -1.76. The van der Waals surface area contributed by atoms with Crippen LogP contribution in [0.2, 0.25) is 0 Å². The Morgan fingerprint density at radius 3 is 2.63 bits per heavy atom. The molecule has 0 aliphatic heterocycles. The Hall–Kier alpha value is -1.12. The molecule has 1 amide bonds. The maximum absolute atomic E-state index is 11.9. The van der Waals surface area contributed by atoms with Gasteiger partial charge in [-0.2, -0.15) is 0 Å². The zero-order chi connectivity index (χ0) is 14.5. The molecule has 0 saturated heterocycles. The van der Waals surface area contributed by atoms with E-state index in [-0.39, 0.29) is 19.0 Å². The van der Waals surface area contributed by atoms with Crippen LogP contribution in [0.5, 0.6) is 5.75 Å². The second kappa shape index (κ2) is 6.88. The van der Waals surface area contributed by atoms with E-state index in [0.717, 1.165) is 10.7 Å². The molecule has 0 saturated carbocycles. The minimum atomic E-state index is -3.24. The second-order valence-corrected chi connectivity index (χ2v) is 6.52. The fourth-order valence-electron chi connectivity index (χ4n) is 1.36. The van der Waals surface area contributed by atoms with Crippen molar-refractivity contribution in [3.63, 3.8) is 0 Å². The van der Waals surface area contributed by atoms with Gasteiger partial charge in [0, 0.05) is 17.6 Å². The average molecular weight is 351 g/mol. The molecule has 1 aromatic carbocycles. The van der Waals surface area contributed by atoms with Crippen LogP contribution in [-0.2, 0) is 10.0 Å². The molecule has 0 unspecified atom stereocenters. The first kappa shape index (κ1) is 15.9. The Morgan fingerprint density at radius 2 is 2.05 bits per heavy atom. The van der Waals surface area contributed by atoms with Crippen LogP contribution in [0, 0.1) is 0 Å². The van der Waals surface area contributed by atoms with Crippen LogP contribution in [0.15, 0.2) is 22.7 Å². The number of amides is 1. The van der Waals surface area contributed by atoms with Crippen LogP contribution >= 0.6 is 15.9 Å². The van der Waals surface area contributed by atoms with Gasteiger partial charge in [-0.1, -0.05) is 15.9 Å². The number of carbonyl (C=O) groups is 1. The number of carbonyl (C=O) groups excluding carboxylic acids is 1. The van der Waals surface area contributed by atoms with Crippen molar-refractivity contribution >= 4 is 31.9 Å². The summed E-state index contributed by atoms with van der Waals surface area (Å²) in [5.74, 6) is 0.127. The third-order valence-corrected chi connectivity index (χ3v) is 3.40. The van der Waals surface area contributed by atoms with Gasteiger partial charge >= 0.3 is 0 Å². The second-order valence-electron chi connectivity index (χ2n) is 3.77. The monoisotopic (exact) mass is 350 g/mol. The molecule has 0 bridgehead atoms. The number of hydrogen-bond acceptors (Lipinski definition) is 4. The highest BCUT2D eigenvalue weighted by atomic mass is 79.9. The molecule has 8 heteroatoms. The molecular formula is C11H15BrN2O4S. The molecular weight excluding hydrogens is 336 g/mol. The van der Waals surface area contributed by atoms with Gasteiger partial charge in [0.1, 0.15) is 5.75 Å². The Morgan fingerprint density at radius 1 is 1.37 bits per heavy atom.